The maximum Gasteiger partial charge on any atom is 0.141 e. The predicted octanol–water partition coefficient (Wildman–Crippen LogP) is 4.16. The summed E-state index contributed by atoms with van der Waals surface area (Å²) in [6, 6.07) is 6.29. The molecule has 0 saturated carbocycles. The molecule has 1 aromatic heterocycles. The zero-order valence-electron chi connectivity index (χ0n) is 9.13. The zero-order chi connectivity index (χ0) is 12.4. The molecule has 0 spiro atoms. The first-order valence-electron chi connectivity index (χ1n) is 5.16. The third-order valence-electron chi connectivity index (χ3n) is 2.36. The smallest absolute Gasteiger partial charge is 0.141 e. The normalized spacial score (nSPS) is 10.5. The van der Waals surface area contributed by atoms with Gasteiger partial charge in [-0.3, -0.25) is 0 Å². The van der Waals surface area contributed by atoms with Crippen LogP contribution in [0.1, 0.15) is 12.7 Å². The highest BCUT2D eigenvalue weighted by Crippen LogP contribution is 2.23. The van der Waals surface area contributed by atoms with Crippen molar-refractivity contribution >= 4 is 23.8 Å². The minimum Gasteiger partial charge on any atom is -0.343 e. The molecule has 5 heteroatoms. The van der Waals surface area contributed by atoms with E-state index in [-0.39, 0.29) is 5.02 Å². The fraction of sp³-hybridized carbons (Fsp3) is 0.167. The van der Waals surface area contributed by atoms with Gasteiger partial charge in [0.15, 0.2) is 0 Å². The molecular formula is C12H10ClFN2S. The van der Waals surface area contributed by atoms with Gasteiger partial charge in [0.2, 0.25) is 0 Å². The molecule has 0 aliphatic heterocycles. The van der Waals surface area contributed by atoms with E-state index in [4.69, 9.17) is 23.8 Å². The van der Waals surface area contributed by atoms with Gasteiger partial charge in [-0.15, -0.1) is 0 Å². The molecule has 2 aromatic rings. The van der Waals surface area contributed by atoms with Crippen molar-refractivity contribution in [2.45, 2.75) is 13.3 Å². The molecule has 0 unspecified atom stereocenters. The number of H-pyrrole nitrogens is 1. The molecule has 0 amide bonds. The Bertz CT molecular complexity index is 610. The average molecular weight is 269 g/mol. The number of hydrogen-bond donors (Lipinski definition) is 1. The SMILES string of the molecule is CCc1nc(=S)cc(-c2ccc(F)c(Cl)c2)[nH]1. The largest absolute Gasteiger partial charge is 0.343 e. The number of aromatic nitrogens is 2. The van der Waals surface area contributed by atoms with Crippen LogP contribution >= 0.6 is 23.8 Å². The van der Waals surface area contributed by atoms with Crippen LogP contribution in [0.15, 0.2) is 24.3 Å². The molecule has 2 nitrogen and oxygen atoms in total. The molecule has 1 N–H and O–H groups in total. The fourth-order valence-electron chi connectivity index (χ4n) is 1.49. The van der Waals surface area contributed by atoms with Gasteiger partial charge in [0.1, 0.15) is 16.3 Å². The molecule has 2 rings (SSSR count). The van der Waals surface area contributed by atoms with Gasteiger partial charge in [0, 0.05) is 12.1 Å². The molecule has 0 atom stereocenters. The molecule has 0 saturated heterocycles. The topological polar surface area (TPSA) is 28.7 Å². The number of nitrogens with zero attached hydrogens (tertiary/aromatic N) is 1. The maximum atomic E-state index is 13.1. The summed E-state index contributed by atoms with van der Waals surface area (Å²) in [5.74, 6) is 0.367. The summed E-state index contributed by atoms with van der Waals surface area (Å²) in [5, 5.41) is 0.0941. The summed E-state index contributed by atoms with van der Waals surface area (Å²) in [6.07, 6.45) is 0.756. The Morgan fingerprint density at radius 2 is 2.18 bits per heavy atom. The second-order valence-electron chi connectivity index (χ2n) is 3.56. The molecule has 0 bridgehead atoms. The first-order valence-corrected chi connectivity index (χ1v) is 5.94. The van der Waals surface area contributed by atoms with Crippen molar-refractivity contribution in [3.63, 3.8) is 0 Å². The van der Waals surface area contributed by atoms with Crippen LogP contribution in [0.4, 0.5) is 4.39 Å². The Balaban J connectivity index is 2.55. The van der Waals surface area contributed by atoms with Gasteiger partial charge in [-0.25, -0.2) is 9.37 Å². The van der Waals surface area contributed by atoms with E-state index >= 15 is 0 Å². The molecule has 0 fully saturated rings. The summed E-state index contributed by atoms with van der Waals surface area (Å²) in [4.78, 5) is 7.31. The molecule has 0 aliphatic rings. The number of rotatable bonds is 2. The van der Waals surface area contributed by atoms with Crippen molar-refractivity contribution in [3.05, 3.63) is 45.6 Å². The van der Waals surface area contributed by atoms with Crippen LogP contribution in [0.2, 0.25) is 5.02 Å². The summed E-state index contributed by atoms with van der Waals surface area (Å²) >= 11 is 10.8. The van der Waals surface area contributed by atoms with Crippen LogP contribution in [0.5, 0.6) is 0 Å². The van der Waals surface area contributed by atoms with Crippen molar-refractivity contribution < 1.29 is 4.39 Å². The van der Waals surface area contributed by atoms with Crippen LogP contribution in [0.3, 0.4) is 0 Å². The lowest BCUT2D eigenvalue weighted by Gasteiger charge is -2.05. The van der Waals surface area contributed by atoms with Crippen molar-refractivity contribution in [2.75, 3.05) is 0 Å². The monoisotopic (exact) mass is 268 g/mol. The van der Waals surface area contributed by atoms with Gasteiger partial charge in [-0.05, 0) is 29.8 Å². The van der Waals surface area contributed by atoms with Crippen molar-refractivity contribution in [1.82, 2.24) is 9.97 Å². The summed E-state index contributed by atoms with van der Waals surface area (Å²) < 4.78 is 13.6. The lowest BCUT2D eigenvalue weighted by atomic mass is 10.1. The van der Waals surface area contributed by atoms with Gasteiger partial charge >= 0.3 is 0 Å². The minimum atomic E-state index is -0.432. The minimum absolute atomic E-state index is 0.0941. The van der Waals surface area contributed by atoms with Crippen LogP contribution in [0.25, 0.3) is 11.3 Å². The standard InChI is InChI=1S/C12H10ClFN2S/c1-2-11-15-10(6-12(17)16-11)7-3-4-9(14)8(13)5-7/h3-6H,2H2,1H3,(H,15,16,17). The summed E-state index contributed by atoms with van der Waals surface area (Å²) in [6.45, 7) is 1.98. The highest BCUT2D eigenvalue weighted by atomic mass is 35.5. The number of aromatic amines is 1. The Morgan fingerprint density at radius 1 is 1.41 bits per heavy atom. The van der Waals surface area contributed by atoms with Crippen molar-refractivity contribution in [3.8, 4) is 11.3 Å². The van der Waals surface area contributed by atoms with Crippen LogP contribution in [-0.4, -0.2) is 9.97 Å². The fourth-order valence-corrected chi connectivity index (χ4v) is 1.90. The van der Waals surface area contributed by atoms with Gasteiger partial charge in [0.05, 0.1) is 5.02 Å². The highest BCUT2D eigenvalue weighted by molar-refractivity contribution is 7.71. The Kier molecular flexibility index (Phi) is 3.54. The number of nitrogens with one attached hydrogen (secondary N) is 1. The van der Waals surface area contributed by atoms with Gasteiger partial charge < -0.3 is 4.98 Å². The maximum absolute atomic E-state index is 13.1. The predicted molar refractivity (Wildman–Crippen MR) is 69.2 cm³/mol. The number of aryl methyl sites for hydroxylation is 1. The van der Waals surface area contributed by atoms with E-state index < -0.39 is 5.82 Å². The van der Waals surface area contributed by atoms with E-state index in [9.17, 15) is 4.39 Å². The van der Waals surface area contributed by atoms with E-state index in [1.54, 1.807) is 18.2 Å². The molecule has 0 aliphatic carbocycles. The lowest BCUT2D eigenvalue weighted by Crippen LogP contribution is -1.95. The molecule has 88 valence electrons. The zero-order valence-corrected chi connectivity index (χ0v) is 10.7. The molecule has 1 aromatic carbocycles. The van der Waals surface area contributed by atoms with Crippen LogP contribution < -0.4 is 0 Å². The average Bonchev–Trinajstić information content (AvgIpc) is 2.32. The second-order valence-corrected chi connectivity index (χ2v) is 4.39. The van der Waals surface area contributed by atoms with Crippen LogP contribution in [0, 0.1) is 10.5 Å². The number of hydrogen-bond acceptors (Lipinski definition) is 2. The Morgan fingerprint density at radius 3 is 2.82 bits per heavy atom. The van der Waals surface area contributed by atoms with Gasteiger partial charge in [-0.2, -0.15) is 0 Å². The van der Waals surface area contributed by atoms with E-state index in [1.807, 2.05) is 6.92 Å². The van der Waals surface area contributed by atoms with E-state index in [0.29, 0.717) is 4.64 Å². The summed E-state index contributed by atoms with van der Waals surface area (Å²) in [7, 11) is 0. The lowest BCUT2D eigenvalue weighted by molar-refractivity contribution is 0.628. The highest BCUT2D eigenvalue weighted by Gasteiger charge is 2.05. The van der Waals surface area contributed by atoms with E-state index in [0.717, 1.165) is 23.5 Å². The van der Waals surface area contributed by atoms with Crippen molar-refractivity contribution in [1.29, 1.82) is 0 Å². The molecule has 0 radical (unpaired) electrons. The van der Waals surface area contributed by atoms with Crippen molar-refractivity contribution in [2.24, 2.45) is 0 Å². The third kappa shape index (κ3) is 2.70. The molecule has 17 heavy (non-hydrogen) atoms. The first-order chi connectivity index (χ1) is 8.10. The van der Waals surface area contributed by atoms with E-state index in [1.165, 1.54) is 6.07 Å². The van der Waals surface area contributed by atoms with Gasteiger partial charge in [-0.1, -0.05) is 30.7 Å². The summed E-state index contributed by atoms with van der Waals surface area (Å²) in [5.41, 5.74) is 1.59. The second kappa shape index (κ2) is 4.94. The Hall–Kier alpha value is -1.26. The van der Waals surface area contributed by atoms with Gasteiger partial charge in [0.25, 0.3) is 0 Å². The number of benzene rings is 1. The first kappa shape index (κ1) is 12.2. The molecular weight excluding hydrogens is 259 g/mol. The number of halogens is 2. The van der Waals surface area contributed by atoms with Crippen LogP contribution in [-0.2, 0) is 6.42 Å². The quantitative estimate of drug-likeness (QED) is 0.829. The molecule has 1 heterocycles. The Labute approximate surface area is 108 Å². The third-order valence-corrected chi connectivity index (χ3v) is 2.86. The van der Waals surface area contributed by atoms with E-state index in [2.05, 4.69) is 9.97 Å².